The summed E-state index contributed by atoms with van der Waals surface area (Å²) < 4.78 is 23.5. The zero-order chi connectivity index (χ0) is 14.0. The van der Waals surface area contributed by atoms with Crippen LogP contribution in [0.25, 0.3) is 0 Å². The molecule has 0 radical (unpaired) electrons. The predicted octanol–water partition coefficient (Wildman–Crippen LogP) is 2.52. The van der Waals surface area contributed by atoms with Crippen LogP contribution < -0.4 is 5.32 Å². The first kappa shape index (κ1) is 14.5. The van der Waals surface area contributed by atoms with Crippen molar-refractivity contribution in [2.75, 3.05) is 16.8 Å². The minimum atomic E-state index is -2.92. The smallest absolute Gasteiger partial charge is 0.224 e. The van der Waals surface area contributed by atoms with E-state index in [1.807, 2.05) is 25.1 Å². The van der Waals surface area contributed by atoms with Gasteiger partial charge in [0.15, 0.2) is 9.84 Å². The number of nitrogens with one attached hydrogen (secondary N) is 1. The first-order chi connectivity index (χ1) is 8.85. The van der Waals surface area contributed by atoms with Gasteiger partial charge in [-0.1, -0.05) is 6.07 Å². The van der Waals surface area contributed by atoms with E-state index < -0.39 is 9.84 Å². The third-order valence-electron chi connectivity index (χ3n) is 3.20. The van der Waals surface area contributed by atoms with Crippen molar-refractivity contribution < 1.29 is 13.2 Å². The fourth-order valence-electron chi connectivity index (χ4n) is 2.23. The van der Waals surface area contributed by atoms with Gasteiger partial charge in [0.2, 0.25) is 5.91 Å². The molecule has 0 bridgehead atoms. The average Bonchev–Trinajstić information content (AvgIpc) is 2.63. The number of halogens is 1. The molecule has 1 atom stereocenters. The van der Waals surface area contributed by atoms with Gasteiger partial charge in [0.25, 0.3) is 0 Å². The summed E-state index contributed by atoms with van der Waals surface area (Å²) >= 11 is 3.38. The SMILES string of the molecule is Cc1ccc(Br)c(NC(=O)CC2CCS(=O)(=O)C2)c1. The lowest BCUT2D eigenvalue weighted by Crippen LogP contribution is -2.17. The number of hydrogen-bond acceptors (Lipinski definition) is 3. The maximum Gasteiger partial charge on any atom is 0.224 e. The van der Waals surface area contributed by atoms with Crippen molar-refractivity contribution in [3.05, 3.63) is 28.2 Å². The second-order valence-electron chi connectivity index (χ2n) is 5.00. The molecule has 1 aromatic rings. The van der Waals surface area contributed by atoms with E-state index in [0.717, 1.165) is 15.7 Å². The number of aryl methyl sites for hydroxylation is 1. The topological polar surface area (TPSA) is 63.2 Å². The zero-order valence-electron chi connectivity index (χ0n) is 10.6. The van der Waals surface area contributed by atoms with Crippen LogP contribution in [0.15, 0.2) is 22.7 Å². The van der Waals surface area contributed by atoms with Crippen molar-refractivity contribution in [1.29, 1.82) is 0 Å². The van der Waals surface area contributed by atoms with Gasteiger partial charge in [-0.05, 0) is 52.9 Å². The highest BCUT2D eigenvalue weighted by atomic mass is 79.9. The van der Waals surface area contributed by atoms with Crippen molar-refractivity contribution in [2.45, 2.75) is 19.8 Å². The van der Waals surface area contributed by atoms with Gasteiger partial charge >= 0.3 is 0 Å². The maximum atomic E-state index is 11.9. The van der Waals surface area contributed by atoms with Gasteiger partial charge < -0.3 is 5.32 Å². The van der Waals surface area contributed by atoms with Gasteiger partial charge in [-0.3, -0.25) is 4.79 Å². The van der Waals surface area contributed by atoms with Crippen LogP contribution >= 0.6 is 15.9 Å². The molecule has 1 heterocycles. The Kier molecular flexibility index (Phi) is 4.30. The van der Waals surface area contributed by atoms with Crippen molar-refractivity contribution in [1.82, 2.24) is 0 Å². The Morgan fingerprint density at radius 3 is 2.84 bits per heavy atom. The monoisotopic (exact) mass is 345 g/mol. The number of sulfone groups is 1. The number of amides is 1. The molecule has 0 aromatic heterocycles. The summed E-state index contributed by atoms with van der Waals surface area (Å²) in [6.45, 7) is 1.95. The van der Waals surface area contributed by atoms with Gasteiger partial charge in [-0.2, -0.15) is 0 Å². The molecule has 1 saturated heterocycles. The highest BCUT2D eigenvalue weighted by molar-refractivity contribution is 9.10. The summed E-state index contributed by atoms with van der Waals surface area (Å²) in [5.41, 5.74) is 1.78. The Morgan fingerprint density at radius 2 is 2.21 bits per heavy atom. The van der Waals surface area contributed by atoms with E-state index in [-0.39, 0.29) is 29.8 Å². The van der Waals surface area contributed by atoms with Crippen LogP contribution in [-0.4, -0.2) is 25.8 Å². The molecule has 1 unspecified atom stereocenters. The molecule has 2 rings (SSSR count). The van der Waals surface area contributed by atoms with Crippen LogP contribution in [-0.2, 0) is 14.6 Å². The molecular weight excluding hydrogens is 330 g/mol. The van der Waals surface area contributed by atoms with Gasteiger partial charge in [-0.15, -0.1) is 0 Å². The molecule has 1 aliphatic heterocycles. The molecule has 4 nitrogen and oxygen atoms in total. The number of carbonyl (C=O) groups is 1. The molecule has 1 aromatic carbocycles. The molecule has 0 spiro atoms. The normalized spacial score (nSPS) is 21.3. The largest absolute Gasteiger partial charge is 0.325 e. The number of hydrogen-bond donors (Lipinski definition) is 1. The molecule has 0 saturated carbocycles. The highest BCUT2D eigenvalue weighted by Gasteiger charge is 2.29. The van der Waals surface area contributed by atoms with E-state index in [0.29, 0.717) is 6.42 Å². The summed E-state index contributed by atoms with van der Waals surface area (Å²) in [6, 6.07) is 5.71. The van der Waals surface area contributed by atoms with Crippen LogP contribution in [0.5, 0.6) is 0 Å². The number of rotatable bonds is 3. The van der Waals surface area contributed by atoms with E-state index in [2.05, 4.69) is 21.2 Å². The summed E-state index contributed by atoms with van der Waals surface area (Å²) in [4.78, 5) is 11.9. The van der Waals surface area contributed by atoms with Crippen LogP contribution in [0.1, 0.15) is 18.4 Å². The van der Waals surface area contributed by atoms with Crippen LogP contribution in [0.4, 0.5) is 5.69 Å². The van der Waals surface area contributed by atoms with Gasteiger partial charge in [0.1, 0.15) is 0 Å². The van der Waals surface area contributed by atoms with E-state index in [1.165, 1.54) is 0 Å². The van der Waals surface area contributed by atoms with Crippen LogP contribution in [0, 0.1) is 12.8 Å². The Hall–Kier alpha value is -0.880. The number of anilines is 1. The molecule has 6 heteroatoms. The first-order valence-corrected chi connectivity index (χ1v) is 8.73. The molecular formula is C13H16BrNO3S. The highest BCUT2D eigenvalue weighted by Crippen LogP contribution is 2.25. The molecule has 19 heavy (non-hydrogen) atoms. The van der Waals surface area contributed by atoms with E-state index >= 15 is 0 Å². The lowest BCUT2D eigenvalue weighted by atomic mass is 10.0. The van der Waals surface area contributed by atoms with Crippen molar-refractivity contribution in [3.8, 4) is 0 Å². The summed E-state index contributed by atoms with van der Waals surface area (Å²) in [5.74, 6) is 0.163. The molecule has 1 fully saturated rings. The molecule has 1 aliphatic rings. The van der Waals surface area contributed by atoms with Crippen molar-refractivity contribution >= 4 is 37.4 Å². The number of carbonyl (C=O) groups excluding carboxylic acids is 1. The van der Waals surface area contributed by atoms with Gasteiger partial charge in [0.05, 0.1) is 17.2 Å². The summed E-state index contributed by atoms with van der Waals surface area (Å²) in [7, 11) is -2.92. The predicted molar refractivity (Wildman–Crippen MR) is 78.9 cm³/mol. The summed E-state index contributed by atoms with van der Waals surface area (Å²) in [5, 5.41) is 2.82. The molecule has 0 aliphatic carbocycles. The Morgan fingerprint density at radius 1 is 1.47 bits per heavy atom. The fourth-order valence-corrected chi connectivity index (χ4v) is 4.44. The zero-order valence-corrected chi connectivity index (χ0v) is 13.1. The quantitative estimate of drug-likeness (QED) is 0.915. The van der Waals surface area contributed by atoms with Crippen LogP contribution in [0.3, 0.4) is 0 Å². The second kappa shape index (κ2) is 5.63. The van der Waals surface area contributed by atoms with E-state index in [1.54, 1.807) is 0 Å². The van der Waals surface area contributed by atoms with Gasteiger partial charge in [-0.25, -0.2) is 8.42 Å². The van der Waals surface area contributed by atoms with E-state index in [9.17, 15) is 13.2 Å². The van der Waals surface area contributed by atoms with Crippen molar-refractivity contribution in [2.24, 2.45) is 5.92 Å². The third-order valence-corrected chi connectivity index (χ3v) is 5.73. The summed E-state index contributed by atoms with van der Waals surface area (Å²) in [6.07, 6.45) is 0.852. The lowest BCUT2D eigenvalue weighted by Gasteiger charge is -2.10. The standard InChI is InChI=1S/C13H16BrNO3S/c1-9-2-3-11(14)12(6-9)15-13(16)7-10-4-5-19(17,18)8-10/h2-3,6,10H,4-5,7-8H2,1H3,(H,15,16). The van der Waals surface area contributed by atoms with Crippen LogP contribution in [0.2, 0.25) is 0 Å². The minimum Gasteiger partial charge on any atom is -0.325 e. The number of benzene rings is 1. The van der Waals surface area contributed by atoms with E-state index in [4.69, 9.17) is 0 Å². The Bertz CT molecular complexity index is 598. The fraction of sp³-hybridized carbons (Fsp3) is 0.462. The molecule has 104 valence electrons. The minimum absolute atomic E-state index is 0.0476. The second-order valence-corrected chi connectivity index (χ2v) is 8.09. The third kappa shape index (κ3) is 4.04. The Balaban J connectivity index is 1.97. The van der Waals surface area contributed by atoms with Crippen molar-refractivity contribution in [3.63, 3.8) is 0 Å². The average molecular weight is 346 g/mol. The van der Waals surface area contributed by atoms with Gasteiger partial charge in [0, 0.05) is 10.9 Å². The molecule has 1 amide bonds. The first-order valence-electron chi connectivity index (χ1n) is 6.12. The maximum absolute atomic E-state index is 11.9. The lowest BCUT2D eigenvalue weighted by molar-refractivity contribution is -0.116. The molecule has 1 N–H and O–H groups in total. The Labute approximate surface area is 121 Å².